The second kappa shape index (κ2) is 5.46. The minimum Gasteiger partial charge on any atom is -0.366 e. The maximum Gasteiger partial charge on any atom is 0.161 e. The maximum absolute atomic E-state index is 14.1. The van der Waals surface area contributed by atoms with E-state index in [1.807, 2.05) is 11.4 Å². The Bertz CT molecular complexity index is 592. The van der Waals surface area contributed by atoms with Crippen LogP contribution in [0.5, 0.6) is 0 Å². The number of benzene rings is 1. The zero-order valence-corrected chi connectivity index (χ0v) is 11.9. The van der Waals surface area contributed by atoms with Crippen LogP contribution < -0.4 is 4.90 Å². The minimum atomic E-state index is -0.424. The highest BCUT2D eigenvalue weighted by Gasteiger charge is 2.14. The van der Waals surface area contributed by atoms with Crippen LogP contribution in [0.3, 0.4) is 0 Å². The van der Waals surface area contributed by atoms with Crippen LogP contribution in [0, 0.1) is 17.1 Å². The standard InChI is InChI=1S/C12H9BrFN3S/c1-17(5-9-6-18-7-16-9)10-3-2-8(4-15)11(13)12(10)14/h2-3,6-7H,5H2,1H3. The lowest BCUT2D eigenvalue weighted by Crippen LogP contribution is -2.18. The van der Waals surface area contributed by atoms with Crippen molar-refractivity contribution < 1.29 is 4.39 Å². The van der Waals surface area contributed by atoms with Crippen LogP contribution in [-0.4, -0.2) is 12.0 Å². The van der Waals surface area contributed by atoms with Gasteiger partial charge in [0.05, 0.1) is 33.5 Å². The van der Waals surface area contributed by atoms with Gasteiger partial charge in [-0.2, -0.15) is 5.26 Å². The SMILES string of the molecule is CN(Cc1cscn1)c1ccc(C#N)c(Br)c1F. The summed E-state index contributed by atoms with van der Waals surface area (Å²) in [5.74, 6) is -0.424. The molecule has 0 unspecified atom stereocenters. The maximum atomic E-state index is 14.1. The molecule has 18 heavy (non-hydrogen) atoms. The van der Waals surface area contributed by atoms with Gasteiger partial charge in [-0.15, -0.1) is 11.3 Å². The summed E-state index contributed by atoms with van der Waals surface area (Å²) in [5, 5.41) is 10.7. The lowest BCUT2D eigenvalue weighted by atomic mass is 10.2. The van der Waals surface area contributed by atoms with Crippen molar-refractivity contribution >= 4 is 33.0 Å². The fraction of sp³-hybridized carbons (Fsp3) is 0.167. The highest BCUT2D eigenvalue weighted by Crippen LogP contribution is 2.29. The van der Waals surface area contributed by atoms with Crippen molar-refractivity contribution in [3.63, 3.8) is 0 Å². The predicted molar refractivity (Wildman–Crippen MR) is 73.0 cm³/mol. The topological polar surface area (TPSA) is 39.9 Å². The Labute approximate surface area is 117 Å². The number of thiazole rings is 1. The molecule has 0 aliphatic rings. The lowest BCUT2D eigenvalue weighted by Gasteiger charge is -2.19. The van der Waals surface area contributed by atoms with Crippen molar-refractivity contribution in [2.24, 2.45) is 0 Å². The van der Waals surface area contributed by atoms with Crippen LogP contribution in [0.15, 0.2) is 27.5 Å². The molecular weight excluding hydrogens is 317 g/mol. The van der Waals surface area contributed by atoms with E-state index in [0.29, 0.717) is 17.8 Å². The quantitative estimate of drug-likeness (QED) is 0.866. The van der Waals surface area contributed by atoms with Gasteiger partial charge < -0.3 is 4.90 Å². The van der Waals surface area contributed by atoms with Crippen molar-refractivity contribution in [1.29, 1.82) is 5.26 Å². The highest BCUT2D eigenvalue weighted by molar-refractivity contribution is 9.10. The van der Waals surface area contributed by atoms with Crippen LogP contribution in [0.1, 0.15) is 11.3 Å². The summed E-state index contributed by atoms with van der Waals surface area (Å²) in [6, 6.07) is 5.13. The van der Waals surface area contributed by atoms with Gasteiger partial charge in [0.25, 0.3) is 0 Å². The van der Waals surface area contributed by atoms with Gasteiger partial charge in [0.2, 0.25) is 0 Å². The van der Waals surface area contributed by atoms with Crippen LogP contribution >= 0.6 is 27.3 Å². The van der Waals surface area contributed by atoms with E-state index < -0.39 is 5.82 Å². The summed E-state index contributed by atoms with van der Waals surface area (Å²) in [6.07, 6.45) is 0. The molecule has 92 valence electrons. The second-order valence-corrected chi connectivity index (χ2v) is 5.22. The Kier molecular flexibility index (Phi) is 3.94. The zero-order chi connectivity index (χ0) is 13.1. The third-order valence-electron chi connectivity index (χ3n) is 2.48. The first-order chi connectivity index (χ1) is 8.63. The molecule has 0 aliphatic heterocycles. The molecule has 2 rings (SSSR count). The van der Waals surface area contributed by atoms with Gasteiger partial charge in [0, 0.05) is 12.4 Å². The van der Waals surface area contributed by atoms with E-state index in [1.165, 1.54) is 11.3 Å². The summed E-state index contributed by atoms with van der Waals surface area (Å²) >= 11 is 4.61. The fourth-order valence-corrected chi connectivity index (χ4v) is 2.54. The molecule has 0 atom stereocenters. The highest BCUT2D eigenvalue weighted by atomic mass is 79.9. The molecule has 0 saturated carbocycles. The third-order valence-corrected chi connectivity index (χ3v) is 3.89. The molecule has 0 aliphatic carbocycles. The van der Waals surface area contributed by atoms with E-state index in [1.54, 1.807) is 29.6 Å². The average Bonchev–Trinajstić information content (AvgIpc) is 2.85. The number of rotatable bonds is 3. The first-order valence-corrected chi connectivity index (χ1v) is 6.83. The van der Waals surface area contributed by atoms with Gasteiger partial charge in [-0.25, -0.2) is 9.37 Å². The molecule has 0 amide bonds. The average molecular weight is 326 g/mol. The molecule has 0 N–H and O–H groups in total. The van der Waals surface area contributed by atoms with Gasteiger partial charge in [-0.1, -0.05) is 0 Å². The Balaban J connectivity index is 2.29. The molecule has 0 spiro atoms. The molecule has 0 fully saturated rings. The van der Waals surface area contributed by atoms with Crippen molar-refractivity contribution in [3.05, 3.63) is 44.6 Å². The molecule has 3 nitrogen and oxygen atoms in total. The summed E-state index contributed by atoms with van der Waals surface area (Å²) in [5.41, 5.74) is 3.36. The van der Waals surface area contributed by atoms with E-state index in [-0.39, 0.29) is 4.47 Å². The molecule has 6 heteroatoms. The summed E-state index contributed by atoms with van der Waals surface area (Å²) in [6.45, 7) is 0.527. The number of anilines is 1. The third kappa shape index (κ3) is 2.52. The van der Waals surface area contributed by atoms with E-state index in [4.69, 9.17) is 5.26 Å². The Hall–Kier alpha value is -1.45. The van der Waals surface area contributed by atoms with Gasteiger partial charge in [-0.05, 0) is 28.1 Å². The smallest absolute Gasteiger partial charge is 0.161 e. The van der Waals surface area contributed by atoms with E-state index in [0.717, 1.165) is 5.69 Å². The van der Waals surface area contributed by atoms with E-state index in [9.17, 15) is 4.39 Å². The molecule has 2 aromatic rings. The second-order valence-electron chi connectivity index (χ2n) is 3.71. The van der Waals surface area contributed by atoms with Gasteiger partial charge in [0.15, 0.2) is 5.82 Å². The lowest BCUT2D eigenvalue weighted by molar-refractivity contribution is 0.615. The summed E-state index contributed by atoms with van der Waals surface area (Å²) in [7, 11) is 1.79. The predicted octanol–water partition coefficient (Wildman–Crippen LogP) is 3.55. The molecule has 1 aromatic heterocycles. The zero-order valence-electron chi connectivity index (χ0n) is 9.52. The van der Waals surface area contributed by atoms with Crippen LogP contribution in [-0.2, 0) is 6.54 Å². The minimum absolute atomic E-state index is 0.202. The van der Waals surface area contributed by atoms with Crippen LogP contribution in [0.25, 0.3) is 0 Å². The van der Waals surface area contributed by atoms with Crippen molar-refractivity contribution in [1.82, 2.24) is 4.98 Å². The van der Waals surface area contributed by atoms with Gasteiger partial charge >= 0.3 is 0 Å². The number of aromatic nitrogens is 1. The molecule has 0 bridgehead atoms. The van der Waals surface area contributed by atoms with Crippen molar-refractivity contribution in [2.45, 2.75) is 6.54 Å². The number of hydrogen-bond donors (Lipinski definition) is 0. The molecule has 0 saturated heterocycles. The molecular formula is C12H9BrFN3S. The number of hydrogen-bond acceptors (Lipinski definition) is 4. The summed E-state index contributed by atoms with van der Waals surface area (Å²) in [4.78, 5) is 5.92. The van der Waals surface area contributed by atoms with Gasteiger partial charge in [-0.3, -0.25) is 0 Å². The molecule has 0 radical (unpaired) electrons. The van der Waals surface area contributed by atoms with Crippen LogP contribution in [0.2, 0.25) is 0 Å². The largest absolute Gasteiger partial charge is 0.366 e. The number of nitrogens with zero attached hydrogens (tertiary/aromatic N) is 3. The van der Waals surface area contributed by atoms with Crippen molar-refractivity contribution in [3.8, 4) is 6.07 Å². The number of nitriles is 1. The first kappa shape index (κ1) is 13.0. The van der Waals surface area contributed by atoms with E-state index >= 15 is 0 Å². The number of halogens is 2. The Morgan fingerprint density at radius 3 is 2.94 bits per heavy atom. The molecule has 1 aromatic carbocycles. The van der Waals surface area contributed by atoms with Crippen molar-refractivity contribution in [2.75, 3.05) is 11.9 Å². The van der Waals surface area contributed by atoms with E-state index in [2.05, 4.69) is 20.9 Å². The van der Waals surface area contributed by atoms with Gasteiger partial charge in [0.1, 0.15) is 6.07 Å². The normalized spacial score (nSPS) is 10.1. The molecule has 1 heterocycles. The summed E-state index contributed by atoms with van der Waals surface area (Å²) < 4.78 is 14.3. The monoisotopic (exact) mass is 325 g/mol. The Morgan fingerprint density at radius 1 is 1.56 bits per heavy atom. The van der Waals surface area contributed by atoms with Crippen LogP contribution in [0.4, 0.5) is 10.1 Å². The first-order valence-electron chi connectivity index (χ1n) is 5.09. The Morgan fingerprint density at radius 2 is 2.33 bits per heavy atom. The fourth-order valence-electron chi connectivity index (χ4n) is 1.56.